The van der Waals surface area contributed by atoms with Gasteiger partial charge in [-0.3, -0.25) is 0 Å². The van der Waals surface area contributed by atoms with Crippen molar-refractivity contribution in [3.8, 4) is 0 Å². The van der Waals surface area contributed by atoms with Crippen molar-refractivity contribution in [3.63, 3.8) is 0 Å². The Morgan fingerprint density at radius 2 is 2.00 bits per heavy atom. The highest BCUT2D eigenvalue weighted by Gasteiger charge is 2.19. The second-order valence-corrected chi connectivity index (χ2v) is 3.11. The standard InChI is InChI=1S/C9H18O3/c1-5-12-9(10)8(11-4)6-7(2)3/h7-8H,5-6H2,1-4H3/t8-/m0/s1. The molecule has 1 atom stereocenters. The molecule has 0 aromatic heterocycles. The summed E-state index contributed by atoms with van der Waals surface area (Å²) in [5.41, 5.74) is 0. The van der Waals surface area contributed by atoms with Crippen molar-refractivity contribution in [2.75, 3.05) is 13.7 Å². The van der Waals surface area contributed by atoms with E-state index in [1.807, 2.05) is 13.8 Å². The van der Waals surface area contributed by atoms with Crippen molar-refractivity contribution in [1.82, 2.24) is 0 Å². The number of hydrogen-bond donors (Lipinski definition) is 0. The van der Waals surface area contributed by atoms with Gasteiger partial charge in [0, 0.05) is 7.11 Å². The van der Waals surface area contributed by atoms with Gasteiger partial charge in [0.25, 0.3) is 0 Å². The van der Waals surface area contributed by atoms with Gasteiger partial charge in [-0.2, -0.15) is 0 Å². The lowest BCUT2D eigenvalue weighted by Gasteiger charge is -2.15. The number of hydrogen-bond acceptors (Lipinski definition) is 3. The van der Waals surface area contributed by atoms with Crippen LogP contribution in [0.15, 0.2) is 0 Å². The molecule has 0 saturated heterocycles. The highest BCUT2D eigenvalue weighted by atomic mass is 16.6. The molecule has 0 bridgehead atoms. The van der Waals surface area contributed by atoms with Crippen molar-refractivity contribution in [2.45, 2.75) is 33.3 Å². The molecule has 0 aliphatic heterocycles. The number of carbonyl (C=O) groups excluding carboxylic acids is 1. The van der Waals surface area contributed by atoms with E-state index in [2.05, 4.69) is 0 Å². The highest BCUT2D eigenvalue weighted by Crippen LogP contribution is 2.08. The van der Waals surface area contributed by atoms with Crippen molar-refractivity contribution >= 4 is 5.97 Å². The van der Waals surface area contributed by atoms with E-state index in [-0.39, 0.29) is 5.97 Å². The van der Waals surface area contributed by atoms with E-state index in [0.717, 1.165) is 6.42 Å². The predicted molar refractivity (Wildman–Crippen MR) is 46.9 cm³/mol. The van der Waals surface area contributed by atoms with Gasteiger partial charge in [0.15, 0.2) is 6.10 Å². The predicted octanol–water partition coefficient (Wildman–Crippen LogP) is 1.61. The Morgan fingerprint density at radius 3 is 2.33 bits per heavy atom. The van der Waals surface area contributed by atoms with Gasteiger partial charge in [0.05, 0.1) is 6.61 Å². The molecule has 0 heterocycles. The Bertz CT molecular complexity index is 132. The van der Waals surface area contributed by atoms with Gasteiger partial charge in [0.2, 0.25) is 0 Å². The molecule has 0 radical (unpaired) electrons. The van der Waals surface area contributed by atoms with Gasteiger partial charge in [-0.25, -0.2) is 4.79 Å². The van der Waals surface area contributed by atoms with Crippen LogP contribution in [0.2, 0.25) is 0 Å². The van der Waals surface area contributed by atoms with Gasteiger partial charge >= 0.3 is 5.97 Å². The minimum atomic E-state index is -0.398. The lowest BCUT2D eigenvalue weighted by atomic mass is 10.1. The Balaban J connectivity index is 3.87. The first-order valence-electron chi connectivity index (χ1n) is 4.31. The molecular weight excluding hydrogens is 156 g/mol. The average molecular weight is 174 g/mol. The zero-order valence-corrected chi connectivity index (χ0v) is 8.29. The van der Waals surface area contributed by atoms with Crippen LogP contribution in [0.1, 0.15) is 27.2 Å². The Labute approximate surface area is 74.0 Å². The van der Waals surface area contributed by atoms with Crippen LogP contribution >= 0.6 is 0 Å². The maximum atomic E-state index is 11.2. The Kier molecular flexibility index (Phi) is 5.72. The highest BCUT2D eigenvalue weighted by molar-refractivity contribution is 5.74. The second kappa shape index (κ2) is 6.00. The number of ether oxygens (including phenoxy) is 2. The molecule has 0 aliphatic rings. The minimum absolute atomic E-state index is 0.256. The molecule has 72 valence electrons. The molecule has 0 rings (SSSR count). The molecular formula is C9H18O3. The summed E-state index contributed by atoms with van der Waals surface area (Å²) in [4.78, 5) is 11.2. The lowest BCUT2D eigenvalue weighted by molar-refractivity contribution is -0.155. The first-order valence-corrected chi connectivity index (χ1v) is 4.31. The second-order valence-electron chi connectivity index (χ2n) is 3.11. The molecule has 0 amide bonds. The third kappa shape index (κ3) is 4.34. The maximum Gasteiger partial charge on any atom is 0.335 e. The van der Waals surface area contributed by atoms with Gasteiger partial charge in [-0.15, -0.1) is 0 Å². The van der Waals surface area contributed by atoms with Crippen LogP contribution in [0.25, 0.3) is 0 Å². The van der Waals surface area contributed by atoms with Gasteiger partial charge < -0.3 is 9.47 Å². The summed E-state index contributed by atoms with van der Waals surface area (Å²) >= 11 is 0. The molecule has 0 saturated carbocycles. The fourth-order valence-electron chi connectivity index (χ4n) is 0.952. The molecule has 3 nitrogen and oxygen atoms in total. The third-order valence-corrected chi connectivity index (χ3v) is 1.52. The summed E-state index contributed by atoms with van der Waals surface area (Å²) in [5.74, 6) is 0.188. The topological polar surface area (TPSA) is 35.5 Å². The van der Waals surface area contributed by atoms with Crippen LogP contribution < -0.4 is 0 Å². The van der Waals surface area contributed by atoms with Crippen LogP contribution in [0, 0.1) is 5.92 Å². The zero-order valence-electron chi connectivity index (χ0n) is 8.29. The zero-order chi connectivity index (χ0) is 9.56. The molecule has 0 fully saturated rings. The summed E-state index contributed by atoms with van der Waals surface area (Å²) in [6, 6.07) is 0. The quantitative estimate of drug-likeness (QED) is 0.594. The first-order chi connectivity index (χ1) is 5.61. The first kappa shape index (κ1) is 11.4. The largest absolute Gasteiger partial charge is 0.464 e. The van der Waals surface area contributed by atoms with E-state index < -0.39 is 6.10 Å². The molecule has 12 heavy (non-hydrogen) atoms. The van der Waals surface area contributed by atoms with Crippen LogP contribution in [0.3, 0.4) is 0 Å². The van der Waals surface area contributed by atoms with Crippen molar-refractivity contribution in [3.05, 3.63) is 0 Å². The van der Waals surface area contributed by atoms with E-state index >= 15 is 0 Å². The lowest BCUT2D eigenvalue weighted by Crippen LogP contribution is -2.26. The SMILES string of the molecule is CCOC(=O)[C@H](CC(C)C)OC. The normalized spacial score (nSPS) is 13.1. The maximum absolute atomic E-state index is 11.2. The fourth-order valence-corrected chi connectivity index (χ4v) is 0.952. The minimum Gasteiger partial charge on any atom is -0.464 e. The van der Waals surface area contributed by atoms with Crippen molar-refractivity contribution in [2.24, 2.45) is 5.92 Å². The molecule has 0 aromatic carbocycles. The van der Waals surface area contributed by atoms with E-state index in [1.165, 1.54) is 7.11 Å². The van der Waals surface area contributed by atoms with Crippen LogP contribution in [-0.4, -0.2) is 25.8 Å². The average Bonchev–Trinajstić information content (AvgIpc) is 2.00. The molecule has 3 heteroatoms. The van der Waals surface area contributed by atoms with Gasteiger partial charge in [0.1, 0.15) is 0 Å². The molecule has 0 aliphatic carbocycles. The summed E-state index contributed by atoms with van der Waals surface area (Å²) < 4.78 is 9.83. The Morgan fingerprint density at radius 1 is 1.42 bits per heavy atom. The summed E-state index contributed by atoms with van der Waals surface area (Å²) in [5, 5.41) is 0. The number of methoxy groups -OCH3 is 1. The molecule has 0 aromatic rings. The summed E-state index contributed by atoms with van der Waals surface area (Å²) in [7, 11) is 1.53. The third-order valence-electron chi connectivity index (χ3n) is 1.52. The summed E-state index contributed by atoms with van der Waals surface area (Å²) in [6.07, 6.45) is 0.319. The number of rotatable bonds is 5. The van der Waals surface area contributed by atoms with Gasteiger partial charge in [-0.1, -0.05) is 13.8 Å². The number of carbonyl (C=O) groups is 1. The van der Waals surface area contributed by atoms with Crippen LogP contribution in [0.4, 0.5) is 0 Å². The Hall–Kier alpha value is -0.570. The van der Waals surface area contributed by atoms with E-state index in [4.69, 9.17) is 9.47 Å². The van der Waals surface area contributed by atoms with E-state index in [0.29, 0.717) is 12.5 Å². The fraction of sp³-hybridized carbons (Fsp3) is 0.889. The van der Waals surface area contributed by atoms with E-state index in [1.54, 1.807) is 6.92 Å². The van der Waals surface area contributed by atoms with Crippen LogP contribution in [-0.2, 0) is 14.3 Å². The van der Waals surface area contributed by atoms with Crippen molar-refractivity contribution < 1.29 is 14.3 Å². The molecule has 0 unspecified atom stereocenters. The summed E-state index contributed by atoms with van der Waals surface area (Å²) in [6.45, 7) is 6.30. The molecule has 0 N–H and O–H groups in total. The van der Waals surface area contributed by atoms with Crippen LogP contribution in [0.5, 0.6) is 0 Å². The van der Waals surface area contributed by atoms with Crippen molar-refractivity contribution in [1.29, 1.82) is 0 Å². The molecule has 0 spiro atoms. The van der Waals surface area contributed by atoms with Gasteiger partial charge in [-0.05, 0) is 19.3 Å². The smallest absolute Gasteiger partial charge is 0.335 e. The van der Waals surface area contributed by atoms with E-state index in [9.17, 15) is 4.79 Å². The monoisotopic (exact) mass is 174 g/mol. The number of esters is 1.